The summed E-state index contributed by atoms with van der Waals surface area (Å²) in [7, 11) is -10.9. The number of phosphoric ester groups is 2. The summed E-state index contributed by atoms with van der Waals surface area (Å²) in [5, 5.41) is 41.5. The van der Waals surface area contributed by atoms with Gasteiger partial charge in [-0.3, -0.25) is 23.2 Å². The predicted octanol–water partition coefficient (Wildman–Crippen LogP) is 8.28. The molecule has 8 N–H and O–H groups in total. The molecule has 1 aromatic rings. The smallest absolute Gasteiger partial charge is 0.462 e. The number of aliphatic hydroxyl groups is 4. The molecule has 1 aliphatic rings. The maximum atomic E-state index is 12.9. The van der Waals surface area contributed by atoms with Crippen molar-refractivity contribution in [3.63, 3.8) is 0 Å². The average molecular weight is 1060 g/mol. The Hall–Kier alpha value is -3.62. The molecule has 1 aliphatic heterocycles. The number of esters is 2. The number of nitrogens with zero attached hydrogens (tertiary/aromatic N) is 2. The molecule has 0 aromatic carbocycles. The molecule has 0 saturated carbocycles. The van der Waals surface area contributed by atoms with E-state index in [1.165, 1.54) is 25.3 Å². The normalized spacial score (nSPS) is 20.4. The zero-order chi connectivity index (χ0) is 53.0. The topological polar surface area (TPSA) is 306 Å². The fourth-order valence-electron chi connectivity index (χ4n) is 7.15. The molecule has 0 amide bonds. The molecule has 20 nitrogen and oxygen atoms in total. The first-order valence-electron chi connectivity index (χ1n) is 25.5. The first-order chi connectivity index (χ1) is 34.5. The van der Waals surface area contributed by atoms with Gasteiger partial charge in [0.1, 0.15) is 30.7 Å². The van der Waals surface area contributed by atoms with Gasteiger partial charge in [0.05, 0.1) is 25.4 Å². The number of carbonyl (C=O) groups is 2. The van der Waals surface area contributed by atoms with Crippen molar-refractivity contribution in [2.75, 3.05) is 25.6 Å². The van der Waals surface area contributed by atoms with Crippen molar-refractivity contribution in [3.8, 4) is 0 Å². The number of aromatic nitrogens is 2. The summed E-state index contributed by atoms with van der Waals surface area (Å²) in [6, 6.07) is 1.23. The molecule has 72 heavy (non-hydrogen) atoms. The highest BCUT2D eigenvalue weighted by Crippen LogP contribution is 2.60. The maximum Gasteiger partial charge on any atom is 0.481 e. The average Bonchev–Trinajstić information content (AvgIpc) is 3.61. The molecular formula is C50H83N3O17P2. The minimum atomic E-state index is -5.47. The molecule has 0 spiro atoms. The molecule has 1 aromatic heterocycles. The summed E-state index contributed by atoms with van der Waals surface area (Å²) in [5.41, 5.74) is 4.56. The number of rotatable bonds is 41. The number of nitrogens with two attached hydrogens (primary N) is 1. The fraction of sp³-hybridized carbons (Fsp3) is 0.680. The van der Waals surface area contributed by atoms with Crippen LogP contribution in [0.1, 0.15) is 161 Å². The van der Waals surface area contributed by atoms with Crippen LogP contribution in [0.15, 0.2) is 77.8 Å². The van der Waals surface area contributed by atoms with Gasteiger partial charge in [-0.25, -0.2) is 13.9 Å². The maximum absolute atomic E-state index is 12.9. The number of nitrogen functional groups attached to an aromatic ring is 1. The highest BCUT2D eigenvalue weighted by Gasteiger charge is 2.46. The van der Waals surface area contributed by atoms with Crippen molar-refractivity contribution in [1.82, 2.24) is 9.55 Å². The molecule has 2 rings (SSSR count). The third kappa shape index (κ3) is 29.9. The molecule has 22 heteroatoms. The number of aliphatic hydroxyl groups excluding tert-OH is 4. The molecule has 2 heterocycles. The van der Waals surface area contributed by atoms with Gasteiger partial charge in [0.25, 0.3) is 0 Å². The summed E-state index contributed by atoms with van der Waals surface area (Å²) in [6.45, 7) is 1.86. The van der Waals surface area contributed by atoms with Crippen molar-refractivity contribution in [1.29, 1.82) is 0 Å². The van der Waals surface area contributed by atoms with Gasteiger partial charge in [-0.1, -0.05) is 126 Å². The van der Waals surface area contributed by atoms with Crippen LogP contribution in [0.4, 0.5) is 5.82 Å². The zero-order valence-corrected chi connectivity index (χ0v) is 44.0. The Labute approximate surface area is 425 Å². The summed E-state index contributed by atoms with van der Waals surface area (Å²) < 4.78 is 56.6. The van der Waals surface area contributed by atoms with Crippen LogP contribution in [0.5, 0.6) is 0 Å². The van der Waals surface area contributed by atoms with Gasteiger partial charge >= 0.3 is 33.3 Å². The summed E-state index contributed by atoms with van der Waals surface area (Å²) >= 11 is 0. The van der Waals surface area contributed by atoms with Gasteiger partial charge < -0.3 is 50.2 Å². The Bertz CT molecular complexity index is 1980. The van der Waals surface area contributed by atoms with E-state index in [9.17, 15) is 53.7 Å². The van der Waals surface area contributed by atoms with Gasteiger partial charge in [-0.15, -0.1) is 0 Å². The minimum Gasteiger partial charge on any atom is -0.462 e. The van der Waals surface area contributed by atoms with Crippen molar-refractivity contribution >= 4 is 33.4 Å². The fourth-order valence-corrected chi connectivity index (χ4v) is 9.26. The molecule has 0 bridgehead atoms. The van der Waals surface area contributed by atoms with Crippen LogP contribution in [0.25, 0.3) is 0 Å². The largest absolute Gasteiger partial charge is 0.481 e. The second-order valence-corrected chi connectivity index (χ2v) is 20.7. The molecule has 2 unspecified atom stereocenters. The number of carbonyl (C=O) groups excluding carboxylic acids is 2. The summed E-state index contributed by atoms with van der Waals surface area (Å²) in [4.78, 5) is 61.9. The Morgan fingerprint density at radius 2 is 1.28 bits per heavy atom. The zero-order valence-electron chi connectivity index (χ0n) is 42.2. The quantitative estimate of drug-likeness (QED) is 0.0140. The van der Waals surface area contributed by atoms with Gasteiger partial charge in [-0.05, 0) is 83.1 Å². The van der Waals surface area contributed by atoms with E-state index in [0.717, 1.165) is 75.0 Å². The highest BCUT2D eigenvalue weighted by molar-refractivity contribution is 7.61. The molecule has 410 valence electrons. The van der Waals surface area contributed by atoms with Gasteiger partial charge in [0, 0.05) is 19.0 Å². The highest BCUT2D eigenvalue weighted by atomic mass is 31.3. The summed E-state index contributed by atoms with van der Waals surface area (Å²) in [6.07, 6.45) is 28.9. The van der Waals surface area contributed by atoms with E-state index in [0.29, 0.717) is 44.9 Å². The van der Waals surface area contributed by atoms with Crippen LogP contribution < -0.4 is 11.4 Å². The lowest BCUT2D eigenvalue weighted by Gasteiger charge is -2.21. The van der Waals surface area contributed by atoms with Crippen molar-refractivity contribution in [2.45, 2.75) is 198 Å². The Morgan fingerprint density at radius 3 is 1.90 bits per heavy atom. The second kappa shape index (κ2) is 38.0. The standard InChI is InChI=1S/C50H83N3O17P2/c1-3-5-7-9-11-12-13-14-15-16-17-18-19-20-21-25-29-33-45(56)65-37-40(68-46(57)34-30-26-22-24-28-32-42(55)41(54)31-27-23-10-8-6-4-2)38-66-71(61,62)70-72(63,64)67-39-43-47(58)48(59)49(69-43)53-36-35-44(51)52-50(53)60/h11-12,14-15,17-18,20-21,23,27,35-36,40-43,47-49,54-55,58-59H,3-10,13,16,19,22,24-26,28-34,37-39H2,1-2H3,(H,61,62)(H,63,64)(H2,51,52,60)/b12-11-,15-14-,18-17-,21-20-,27-23-/t40-,41+,42+,43-,47-,48-,49-/m1/s1. The van der Waals surface area contributed by atoms with Crippen molar-refractivity contribution in [2.24, 2.45) is 0 Å². The van der Waals surface area contributed by atoms with Crippen LogP contribution in [0.2, 0.25) is 0 Å². The third-order valence-electron chi connectivity index (χ3n) is 11.3. The first-order valence-corrected chi connectivity index (χ1v) is 28.5. The first kappa shape index (κ1) is 64.5. The van der Waals surface area contributed by atoms with Crippen LogP contribution in [-0.2, 0) is 46.3 Å². The number of unbranched alkanes of at least 4 members (excludes halogenated alkanes) is 11. The Balaban J connectivity index is 1.86. The van der Waals surface area contributed by atoms with E-state index in [2.05, 4.69) is 59.6 Å². The predicted molar refractivity (Wildman–Crippen MR) is 273 cm³/mol. The molecule has 1 fully saturated rings. The summed E-state index contributed by atoms with van der Waals surface area (Å²) in [5.74, 6) is -1.49. The van der Waals surface area contributed by atoms with Gasteiger partial charge in [0.15, 0.2) is 12.3 Å². The van der Waals surface area contributed by atoms with E-state index in [-0.39, 0.29) is 18.7 Å². The number of allylic oxidation sites excluding steroid dienone is 9. The number of phosphoric acid groups is 2. The van der Waals surface area contributed by atoms with Crippen LogP contribution in [-0.4, -0.2) is 108 Å². The monoisotopic (exact) mass is 1060 g/mol. The van der Waals surface area contributed by atoms with Gasteiger partial charge in [-0.2, -0.15) is 9.29 Å². The van der Waals surface area contributed by atoms with Gasteiger partial charge in [0.2, 0.25) is 0 Å². The number of hydrogen-bond acceptors (Lipinski definition) is 17. The van der Waals surface area contributed by atoms with Crippen LogP contribution in [0.3, 0.4) is 0 Å². The molecule has 1 saturated heterocycles. The van der Waals surface area contributed by atoms with E-state index in [1.807, 2.05) is 24.3 Å². The SMILES string of the molecule is CCCCC/C=C\C/C=C\C/C=C\C/C=C\CCCC(=O)OC[C@H](COP(=O)(O)OP(=O)(O)OC[C@H]1O[C@@H](n2ccc(N)nc2=O)[C@H](O)[C@@H]1O)OC(=O)CCCCCCC[C@H](O)[C@@H](O)C/C=C\CCCCC. The second-order valence-electron chi connectivity index (χ2n) is 17.6. The van der Waals surface area contributed by atoms with E-state index in [4.69, 9.17) is 29.0 Å². The number of anilines is 1. The lowest BCUT2D eigenvalue weighted by atomic mass is 10.0. The lowest BCUT2D eigenvalue weighted by molar-refractivity contribution is -0.161. The van der Waals surface area contributed by atoms with E-state index < -0.39 is 95.9 Å². The molecule has 0 radical (unpaired) electrons. The Morgan fingerprint density at radius 1 is 0.722 bits per heavy atom. The van der Waals surface area contributed by atoms with E-state index >= 15 is 0 Å². The molecule has 0 aliphatic carbocycles. The molecule has 9 atom stereocenters. The van der Waals surface area contributed by atoms with Crippen LogP contribution in [0, 0.1) is 0 Å². The minimum absolute atomic E-state index is 0.0170. The van der Waals surface area contributed by atoms with Crippen LogP contribution >= 0.6 is 15.6 Å². The lowest BCUT2D eigenvalue weighted by Crippen LogP contribution is -2.36. The Kier molecular flexibility index (Phi) is 34.0. The number of hydrogen-bond donors (Lipinski definition) is 7. The van der Waals surface area contributed by atoms with Crippen molar-refractivity contribution in [3.05, 3.63) is 83.5 Å². The number of ether oxygens (including phenoxy) is 3. The third-order valence-corrected chi connectivity index (χ3v) is 13.9. The molecular weight excluding hydrogens is 977 g/mol. The van der Waals surface area contributed by atoms with Crippen molar-refractivity contribution < 1.29 is 76.5 Å². The van der Waals surface area contributed by atoms with E-state index in [1.54, 1.807) is 0 Å².